The van der Waals surface area contributed by atoms with Gasteiger partial charge in [0, 0.05) is 18.2 Å². The third-order valence-electron chi connectivity index (χ3n) is 5.24. The Labute approximate surface area is 211 Å². The number of carbonyl (C=O) groups excluding carboxylic acids is 2. The Hall–Kier alpha value is -3.21. The summed E-state index contributed by atoms with van der Waals surface area (Å²) in [5.74, 6) is -2.95. The molecule has 0 bridgehead atoms. The van der Waals surface area contributed by atoms with Crippen LogP contribution in [0.2, 0.25) is 0 Å². The molecule has 1 N–H and O–H groups in total. The molecule has 2 rings (SSSR count). The van der Waals surface area contributed by atoms with Crippen molar-refractivity contribution in [3.05, 3.63) is 59.7 Å². The Bertz CT molecular complexity index is 1200. The number of nitrogens with zero attached hydrogens (tertiary/aromatic N) is 2. The Morgan fingerprint density at radius 1 is 1.08 bits per heavy atom. The largest absolute Gasteiger partial charge is 0.497 e. The first-order valence-corrected chi connectivity index (χ1v) is 13.2. The van der Waals surface area contributed by atoms with Gasteiger partial charge in [0.2, 0.25) is 21.8 Å². The summed E-state index contributed by atoms with van der Waals surface area (Å²) in [6.07, 6.45) is 1.11. The summed E-state index contributed by atoms with van der Waals surface area (Å²) < 4.78 is 58.3. The van der Waals surface area contributed by atoms with Crippen molar-refractivity contribution in [2.45, 2.75) is 52.2 Å². The third-order valence-corrected chi connectivity index (χ3v) is 6.38. The fraction of sp³-hybridized carbons (Fsp3) is 0.440. The number of anilines is 1. The second kappa shape index (κ2) is 11.7. The topological polar surface area (TPSA) is 96.0 Å². The van der Waals surface area contributed by atoms with Crippen molar-refractivity contribution in [3.8, 4) is 5.75 Å². The van der Waals surface area contributed by atoms with Crippen LogP contribution in [-0.4, -0.2) is 56.6 Å². The van der Waals surface area contributed by atoms with Gasteiger partial charge in [0.25, 0.3) is 0 Å². The van der Waals surface area contributed by atoms with Gasteiger partial charge in [-0.1, -0.05) is 19.1 Å². The third kappa shape index (κ3) is 7.91. The number of hydrogen-bond acceptors (Lipinski definition) is 5. The van der Waals surface area contributed by atoms with Gasteiger partial charge in [-0.05, 0) is 57.0 Å². The lowest BCUT2D eigenvalue weighted by molar-refractivity contribution is -0.141. The number of halogens is 2. The average Bonchev–Trinajstić information content (AvgIpc) is 2.77. The van der Waals surface area contributed by atoms with Crippen molar-refractivity contribution in [2.24, 2.45) is 0 Å². The van der Waals surface area contributed by atoms with E-state index in [0.29, 0.717) is 21.7 Å². The fourth-order valence-electron chi connectivity index (χ4n) is 3.59. The number of nitrogens with one attached hydrogen (secondary N) is 1. The van der Waals surface area contributed by atoms with Gasteiger partial charge in [0.15, 0.2) is 11.6 Å². The van der Waals surface area contributed by atoms with E-state index in [9.17, 15) is 26.8 Å². The van der Waals surface area contributed by atoms with Gasteiger partial charge in [-0.2, -0.15) is 0 Å². The minimum Gasteiger partial charge on any atom is -0.497 e. The average molecular weight is 526 g/mol. The van der Waals surface area contributed by atoms with Gasteiger partial charge >= 0.3 is 0 Å². The number of amides is 2. The first-order chi connectivity index (χ1) is 16.7. The first-order valence-electron chi connectivity index (χ1n) is 11.3. The molecule has 0 heterocycles. The quantitative estimate of drug-likeness (QED) is 0.513. The van der Waals surface area contributed by atoms with Crippen LogP contribution in [0.3, 0.4) is 0 Å². The van der Waals surface area contributed by atoms with Crippen LogP contribution in [-0.2, 0) is 26.2 Å². The van der Waals surface area contributed by atoms with E-state index < -0.39 is 51.6 Å². The Kier molecular flexibility index (Phi) is 9.42. The molecule has 0 saturated carbocycles. The van der Waals surface area contributed by atoms with E-state index in [1.165, 1.54) is 12.0 Å². The van der Waals surface area contributed by atoms with Gasteiger partial charge in [-0.25, -0.2) is 17.2 Å². The van der Waals surface area contributed by atoms with E-state index in [0.717, 1.165) is 18.4 Å². The van der Waals surface area contributed by atoms with Crippen LogP contribution in [0.4, 0.5) is 14.5 Å². The lowest BCUT2D eigenvalue weighted by Crippen LogP contribution is -2.55. The molecule has 0 radical (unpaired) electrons. The highest BCUT2D eigenvalue weighted by Crippen LogP contribution is 2.23. The van der Waals surface area contributed by atoms with Gasteiger partial charge in [-0.3, -0.25) is 13.9 Å². The molecule has 0 aliphatic rings. The smallest absolute Gasteiger partial charge is 0.244 e. The zero-order valence-corrected chi connectivity index (χ0v) is 22.2. The number of benzene rings is 2. The molecule has 0 aliphatic carbocycles. The van der Waals surface area contributed by atoms with Gasteiger partial charge < -0.3 is 15.0 Å². The molecule has 0 fully saturated rings. The normalized spacial score (nSPS) is 12.6. The predicted octanol–water partition coefficient (Wildman–Crippen LogP) is 3.46. The number of ether oxygens (including phenoxy) is 1. The van der Waals surface area contributed by atoms with Gasteiger partial charge in [0.1, 0.15) is 18.3 Å². The number of carbonyl (C=O) groups is 2. The molecule has 2 aromatic rings. The summed E-state index contributed by atoms with van der Waals surface area (Å²) in [6.45, 7) is 6.43. The number of sulfonamides is 1. The van der Waals surface area contributed by atoms with E-state index >= 15 is 0 Å². The maximum Gasteiger partial charge on any atom is 0.244 e. The zero-order chi connectivity index (χ0) is 27.3. The van der Waals surface area contributed by atoms with E-state index in [2.05, 4.69) is 5.32 Å². The van der Waals surface area contributed by atoms with Crippen LogP contribution < -0.4 is 14.4 Å². The highest BCUT2D eigenvalue weighted by atomic mass is 32.2. The Morgan fingerprint density at radius 3 is 2.28 bits per heavy atom. The van der Waals surface area contributed by atoms with Crippen molar-refractivity contribution in [2.75, 3.05) is 24.2 Å². The molecule has 1 atom stereocenters. The molecule has 0 aromatic heterocycles. The monoisotopic (exact) mass is 525 g/mol. The van der Waals surface area contributed by atoms with Crippen molar-refractivity contribution in [1.82, 2.24) is 10.2 Å². The van der Waals surface area contributed by atoms with Crippen molar-refractivity contribution >= 4 is 27.5 Å². The van der Waals surface area contributed by atoms with E-state index in [-0.39, 0.29) is 18.7 Å². The molecule has 2 amide bonds. The van der Waals surface area contributed by atoms with Crippen molar-refractivity contribution in [1.29, 1.82) is 0 Å². The molecule has 0 spiro atoms. The number of hydrogen-bond donors (Lipinski definition) is 1. The molecular formula is C25H33F2N3O5S. The molecule has 198 valence electrons. The number of rotatable bonds is 10. The van der Waals surface area contributed by atoms with Gasteiger partial charge in [0.05, 0.1) is 19.1 Å². The summed E-state index contributed by atoms with van der Waals surface area (Å²) in [6, 6.07) is 8.56. The highest BCUT2D eigenvalue weighted by molar-refractivity contribution is 7.92. The summed E-state index contributed by atoms with van der Waals surface area (Å²) in [4.78, 5) is 28.0. The summed E-state index contributed by atoms with van der Waals surface area (Å²) >= 11 is 0. The highest BCUT2D eigenvalue weighted by Gasteiger charge is 2.33. The van der Waals surface area contributed by atoms with Crippen LogP contribution in [0, 0.1) is 11.6 Å². The fourth-order valence-corrected chi connectivity index (χ4v) is 4.44. The van der Waals surface area contributed by atoms with Crippen molar-refractivity contribution in [3.63, 3.8) is 0 Å². The second-order valence-electron chi connectivity index (χ2n) is 9.40. The maximum atomic E-state index is 13.9. The minimum absolute atomic E-state index is 0.0124. The molecule has 36 heavy (non-hydrogen) atoms. The van der Waals surface area contributed by atoms with Gasteiger partial charge in [-0.15, -0.1) is 0 Å². The second-order valence-corrected chi connectivity index (χ2v) is 11.3. The van der Waals surface area contributed by atoms with Crippen LogP contribution in [0.25, 0.3) is 0 Å². The van der Waals surface area contributed by atoms with E-state index in [4.69, 9.17) is 4.74 Å². The Morgan fingerprint density at radius 2 is 1.75 bits per heavy atom. The standard InChI is InChI=1S/C25H33F2N3O5S/c1-7-22(24(32)28-25(2,3)4)29(15-17-9-8-10-19(13-17)35-5)23(31)16-30(36(6,33)34)18-11-12-20(26)21(27)14-18/h8-14,22H,7,15-16H2,1-6H3,(H,28,32)/t22-/m0/s1. The van der Waals surface area contributed by atoms with E-state index in [1.807, 2.05) is 0 Å². The van der Waals surface area contributed by atoms with Crippen molar-refractivity contribution < 1.29 is 31.5 Å². The maximum absolute atomic E-state index is 13.9. The SMILES string of the molecule is CC[C@@H](C(=O)NC(C)(C)C)N(Cc1cccc(OC)c1)C(=O)CN(c1ccc(F)c(F)c1)S(C)(=O)=O. The Balaban J connectivity index is 2.49. The summed E-state index contributed by atoms with van der Waals surface area (Å²) in [5, 5.41) is 2.86. The first kappa shape index (κ1) is 29.0. The number of methoxy groups -OCH3 is 1. The lowest BCUT2D eigenvalue weighted by Gasteiger charge is -2.34. The predicted molar refractivity (Wildman–Crippen MR) is 134 cm³/mol. The van der Waals surface area contributed by atoms with Crippen LogP contribution in [0.1, 0.15) is 39.7 Å². The zero-order valence-electron chi connectivity index (χ0n) is 21.3. The molecule has 0 saturated heterocycles. The summed E-state index contributed by atoms with van der Waals surface area (Å²) in [5.41, 5.74) is -0.124. The van der Waals surface area contributed by atoms with Crippen LogP contribution in [0.15, 0.2) is 42.5 Å². The van der Waals surface area contributed by atoms with Crippen LogP contribution in [0.5, 0.6) is 5.75 Å². The van der Waals surface area contributed by atoms with E-state index in [1.54, 1.807) is 52.0 Å². The molecular weight excluding hydrogens is 492 g/mol. The molecule has 8 nitrogen and oxygen atoms in total. The molecule has 2 aromatic carbocycles. The molecule has 0 unspecified atom stereocenters. The minimum atomic E-state index is -4.06. The van der Waals surface area contributed by atoms with Crippen LogP contribution >= 0.6 is 0 Å². The molecule has 0 aliphatic heterocycles. The lowest BCUT2D eigenvalue weighted by atomic mass is 10.1. The molecule has 11 heteroatoms. The summed E-state index contributed by atoms with van der Waals surface area (Å²) in [7, 11) is -2.57.